The first kappa shape index (κ1) is 18.8. The summed E-state index contributed by atoms with van der Waals surface area (Å²) in [5, 5.41) is 8.90. The van der Waals surface area contributed by atoms with Gasteiger partial charge in [0.05, 0.1) is 0 Å². The van der Waals surface area contributed by atoms with Crippen LogP contribution in [0.15, 0.2) is 21.5 Å². The normalized spacial score (nSPS) is 32.6. The van der Waals surface area contributed by atoms with Gasteiger partial charge in [-0.2, -0.15) is 0 Å². The zero-order chi connectivity index (χ0) is 18.4. The van der Waals surface area contributed by atoms with E-state index in [4.69, 9.17) is 9.84 Å². The number of ether oxygens (including phenoxy) is 1. The summed E-state index contributed by atoms with van der Waals surface area (Å²) in [6.45, 7) is 5.82. The molecule has 2 aliphatic heterocycles. The van der Waals surface area contributed by atoms with Crippen molar-refractivity contribution >= 4 is 25.8 Å². The maximum atomic E-state index is 10.8. The molecule has 2 saturated carbocycles. The molecule has 1 spiro atoms. The number of fused-ring (bicyclic) bond motifs is 1. The van der Waals surface area contributed by atoms with Gasteiger partial charge in [0.2, 0.25) is 0 Å². The molecule has 0 aromatic carbocycles. The number of carboxylic acids is 1. The zero-order valence-corrected chi connectivity index (χ0v) is 18.4. The van der Waals surface area contributed by atoms with E-state index < -0.39 is 25.8 Å². The van der Waals surface area contributed by atoms with E-state index in [-0.39, 0.29) is 6.42 Å². The Morgan fingerprint density at radius 3 is 2.77 bits per heavy atom. The Morgan fingerprint density at radius 1 is 1.27 bits per heavy atom. The third kappa shape index (κ3) is 4.15. The molecule has 2 aliphatic carbocycles. The van der Waals surface area contributed by atoms with Crippen LogP contribution in [0.25, 0.3) is 0 Å². The van der Waals surface area contributed by atoms with E-state index in [0.717, 1.165) is 13.0 Å². The molecule has 1 N–H and O–H groups in total. The summed E-state index contributed by atoms with van der Waals surface area (Å²) in [6.07, 6.45) is 15.2. The number of alkyl halides is 2. The fraction of sp³-hybridized carbons (Fsp3) is 0.773. The number of allylic oxidation sites excluding steroid dienone is 4. The van der Waals surface area contributed by atoms with Gasteiger partial charge in [-0.15, -0.1) is 0 Å². The molecule has 0 aromatic heterocycles. The Balaban J connectivity index is 1.35. The van der Waals surface area contributed by atoms with E-state index >= 15 is 0 Å². The number of carboxylic acid groups (broad SMARTS) is 1. The van der Waals surface area contributed by atoms with E-state index in [1.54, 1.807) is 0 Å². The average Bonchev–Trinajstić information content (AvgIpc) is 3.25. The van der Waals surface area contributed by atoms with Gasteiger partial charge in [0.1, 0.15) is 0 Å². The molecule has 0 bridgehead atoms. The molecular formula is C22H33IO3. The Labute approximate surface area is 165 Å². The molecule has 0 aromatic rings. The number of halogens is 1. The summed E-state index contributed by atoms with van der Waals surface area (Å²) >= 11 is -1.07. The monoisotopic (exact) mass is 472 g/mol. The van der Waals surface area contributed by atoms with Gasteiger partial charge in [-0.05, 0) is 0 Å². The number of hydrogen-bond acceptors (Lipinski definition) is 2. The maximum absolute atomic E-state index is 10.8. The van der Waals surface area contributed by atoms with Crippen LogP contribution < -0.4 is 0 Å². The molecule has 2 heterocycles. The first-order valence-corrected chi connectivity index (χ1v) is 14.1. The zero-order valence-electron chi connectivity index (χ0n) is 16.2. The minimum absolute atomic E-state index is 0.288. The van der Waals surface area contributed by atoms with Gasteiger partial charge in [0.15, 0.2) is 0 Å². The summed E-state index contributed by atoms with van der Waals surface area (Å²) in [5.41, 5.74) is 1.07. The van der Waals surface area contributed by atoms with Crippen molar-refractivity contribution in [2.75, 3.05) is 11.0 Å². The van der Waals surface area contributed by atoms with Gasteiger partial charge in [-0.25, -0.2) is 0 Å². The van der Waals surface area contributed by atoms with E-state index in [1.807, 2.05) is 0 Å². The second kappa shape index (κ2) is 7.14. The van der Waals surface area contributed by atoms with Crippen molar-refractivity contribution in [2.45, 2.75) is 75.6 Å². The number of aliphatic carboxylic acids is 1. The summed E-state index contributed by atoms with van der Waals surface area (Å²) in [6, 6.07) is 0. The summed E-state index contributed by atoms with van der Waals surface area (Å²) in [4.78, 5) is 10.8. The van der Waals surface area contributed by atoms with Crippen molar-refractivity contribution < 1.29 is 14.6 Å². The molecule has 4 heteroatoms. The van der Waals surface area contributed by atoms with Crippen molar-refractivity contribution in [2.24, 2.45) is 16.7 Å². The van der Waals surface area contributed by atoms with Crippen LogP contribution in [0.5, 0.6) is 0 Å². The molecular weight excluding hydrogens is 439 g/mol. The van der Waals surface area contributed by atoms with Gasteiger partial charge in [-0.3, -0.25) is 0 Å². The standard InChI is InChI=1S/C22H33IO3/c1-21(2)11-16(12-22(15-21)9-3-4-10-22)14-26-19-7-5-17(6-8-20(24)25)23-13-18(19)23/h5,7,16,18H,3-4,6,8-15H2,1-2H3,(H,24,25). The third-order valence-electron chi connectivity index (χ3n) is 6.71. The second-order valence-electron chi connectivity index (χ2n) is 9.73. The number of hydrogen-bond donors (Lipinski definition) is 1. The van der Waals surface area contributed by atoms with Crippen LogP contribution >= 0.6 is 19.8 Å². The van der Waals surface area contributed by atoms with Gasteiger partial charge in [0, 0.05) is 0 Å². The SMILES string of the molecule is CC1(C)CC(COC2=CC=C(CCC(=O)O)I3CC23)CC2(CCCC2)C1. The topological polar surface area (TPSA) is 46.5 Å². The first-order valence-electron chi connectivity index (χ1n) is 10.3. The fourth-order valence-corrected chi connectivity index (χ4v) is 12.4. The van der Waals surface area contributed by atoms with Crippen LogP contribution in [-0.2, 0) is 9.53 Å². The Kier molecular flexibility index (Phi) is 5.17. The molecule has 0 amide bonds. The van der Waals surface area contributed by atoms with Gasteiger partial charge in [0.25, 0.3) is 0 Å². The van der Waals surface area contributed by atoms with Crippen LogP contribution in [0, 0.1) is 16.7 Å². The van der Waals surface area contributed by atoms with E-state index in [0.29, 0.717) is 20.7 Å². The van der Waals surface area contributed by atoms with Crippen LogP contribution in [0.2, 0.25) is 0 Å². The molecule has 3 nitrogen and oxygen atoms in total. The predicted octanol–water partition coefficient (Wildman–Crippen LogP) is 5.92. The molecule has 2 unspecified atom stereocenters. The van der Waals surface area contributed by atoms with Gasteiger partial charge >= 0.3 is 165 Å². The third-order valence-corrected chi connectivity index (χ3v) is 13.0. The van der Waals surface area contributed by atoms with Crippen LogP contribution in [-0.4, -0.2) is 26.0 Å². The Hall–Kier alpha value is -0.520. The molecule has 2 atom stereocenters. The van der Waals surface area contributed by atoms with E-state index in [1.165, 1.54) is 58.7 Å². The minimum atomic E-state index is -1.07. The van der Waals surface area contributed by atoms with Gasteiger partial charge < -0.3 is 0 Å². The summed E-state index contributed by atoms with van der Waals surface area (Å²) in [7, 11) is 0. The quantitative estimate of drug-likeness (QED) is 0.385. The van der Waals surface area contributed by atoms with Crippen LogP contribution in [0.4, 0.5) is 0 Å². The number of rotatable bonds is 6. The molecule has 26 heavy (non-hydrogen) atoms. The van der Waals surface area contributed by atoms with Crippen molar-refractivity contribution in [3.05, 3.63) is 21.5 Å². The predicted molar refractivity (Wildman–Crippen MR) is 114 cm³/mol. The Morgan fingerprint density at radius 2 is 2.04 bits per heavy atom. The van der Waals surface area contributed by atoms with Crippen LogP contribution in [0.3, 0.4) is 0 Å². The molecule has 4 rings (SSSR count). The molecule has 1 saturated heterocycles. The average molecular weight is 472 g/mol. The van der Waals surface area contributed by atoms with Crippen molar-refractivity contribution in [1.82, 2.24) is 0 Å². The summed E-state index contributed by atoms with van der Waals surface area (Å²) in [5.74, 6) is 1.27. The summed E-state index contributed by atoms with van der Waals surface area (Å²) < 4.78 is 9.85. The first-order chi connectivity index (χ1) is 12.4. The number of carbonyl (C=O) groups is 1. The molecule has 3 fully saturated rings. The van der Waals surface area contributed by atoms with Crippen molar-refractivity contribution in [1.29, 1.82) is 0 Å². The van der Waals surface area contributed by atoms with Crippen LogP contribution in [0.1, 0.15) is 71.6 Å². The molecule has 146 valence electrons. The van der Waals surface area contributed by atoms with Gasteiger partial charge in [-0.1, -0.05) is 0 Å². The Bertz CT molecular complexity index is 627. The van der Waals surface area contributed by atoms with E-state index in [9.17, 15) is 4.79 Å². The van der Waals surface area contributed by atoms with Crippen molar-refractivity contribution in [3.8, 4) is 0 Å². The molecule has 4 aliphatic rings. The van der Waals surface area contributed by atoms with E-state index in [2.05, 4.69) is 26.0 Å². The van der Waals surface area contributed by atoms with Crippen molar-refractivity contribution in [3.63, 3.8) is 0 Å². The second-order valence-corrected chi connectivity index (χ2v) is 15.8. The fourth-order valence-electron chi connectivity index (χ4n) is 5.98. The molecule has 0 radical (unpaired) electrons.